The standard InChI is InChI=1S/C17H26N4O/c1-12(2)14-10-21(11-15(14)18)16-9-13(5-6-19-16)17(22)20-7-3-4-8-20/h5-6,9,12,14-15H,3-4,7-8,10-11,18H2,1-2H3/t14-,15+/m0/s1. The van der Waals surface area contributed by atoms with E-state index < -0.39 is 0 Å². The van der Waals surface area contributed by atoms with E-state index in [2.05, 4.69) is 23.7 Å². The third-order valence-corrected chi connectivity index (χ3v) is 4.98. The molecule has 0 saturated carbocycles. The molecule has 1 aromatic heterocycles. The quantitative estimate of drug-likeness (QED) is 0.924. The van der Waals surface area contributed by atoms with E-state index in [1.54, 1.807) is 6.20 Å². The van der Waals surface area contributed by atoms with Gasteiger partial charge in [-0.1, -0.05) is 13.8 Å². The van der Waals surface area contributed by atoms with Crippen LogP contribution >= 0.6 is 0 Å². The molecule has 2 aliphatic heterocycles. The Balaban J connectivity index is 1.75. The predicted molar refractivity (Wildman–Crippen MR) is 87.9 cm³/mol. The molecule has 0 unspecified atom stereocenters. The Hall–Kier alpha value is -1.62. The predicted octanol–water partition coefficient (Wildman–Crippen LogP) is 1.74. The van der Waals surface area contributed by atoms with Crippen molar-refractivity contribution in [2.45, 2.75) is 32.7 Å². The van der Waals surface area contributed by atoms with Gasteiger partial charge in [-0.3, -0.25) is 4.79 Å². The number of carbonyl (C=O) groups excluding carboxylic acids is 1. The lowest BCUT2D eigenvalue weighted by Gasteiger charge is -2.20. The van der Waals surface area contributed by atoms with Gasteiger partial charge in [-0.25, -0.2) is 4.98 Å². The summed E-state index contributed by atoms with van der Waals surface area (Å²) in [5, 5.41) is 0. The Morgan fingerprint density at radius 3 is 2.68 bits per heavy atom. The SMILES string of the molecule is CC(C)[C@@H]1CN(c2cc(C(=O)N3CCCC3)ccn2)C[C@H]1N. The third-order valence-electron chi connectivity index (χ3n) is 4.98. The van der Waals surface area contributed by atoms with Gasteiger partial charge in [0.15, 0.2) is 0 Å². The van der Waals surface area contributed by atoms with Crippen LogP contribution in [0.2, 0.25) is 0 Å². The van der Waals surface area contributed by atoms with E-state index in [0.29, 0.717) is 11.8 Å². The van der Waals surface area contributed by atoms with Gasteiger partial charge < -0.3 is 15.5 Å². The van der Waals surface area contributed by atoms with Crippen molar-refractivity contribution in [3.63, 3.8) is 0 Å². The average molecular weight is 302 g/mol. The Morgan fingerprint density at radius 1 is 1.32 bits per heavy atom. The molecule has 2 atom stereocenters. The van der Waals surface area contributed by atoms with Gasteiger partial charge in [-0.2, -0.15) is 0 Å². The Kier molecular flexibility index (Phi) is 4.34. The van der Waals surface area contributed by atoms with Gasteiger partial charge in [0.2, 0.25) is 0 Å². The summed E-state index contributed by atoms with van der Waals surface area (Å²) < 4.78 is 0. The normalized spacial score (nSPS) is 25.3. The molecule has 2 N–H and O–H groups in total. The molecule has 22 heavy (non-hydrogen) atoms. The molecule has 0 aromatic carbocycles. The number of nitrogens with two attached hydrogens (primary N) is 1. The fourth-order valence-corrected chi connectivity index (χ4v) is 3.57. The van der Waals surface area contributed by atoms with Crippen LogP contribution in [0.25, 0.3) is 0 Å². The van der Waals surface area contributed by atoms with E-state index in [4.69, 9.17) is 5.73 Å². The third kappa shape index (κ3) is 2.95. The summed E-state index contributed by atoms with van der Waals surface area (Å²) in [5.74, 6) is 2.06. The zero-order chi connectivity index (χ0) is 15.7. The van der Waals surface area contributed by atoms with Crippen molar-refractivity contribution in [3.8, 4) is 0 Å². The van der Waals surface area contributed by atoms with Gasteiger partial charge in [0.1, 0.15) is 5.82 Å². The summed E-state index contributed by atoms with van der Waals surface area (Å²) >= 11 is 0. The topological polar surface area (TPSA) is 62.5 Å². The summed E-state index contributed by atoms with van der Waals surface area (Å²) in [6.07, 6.45) is 3.97. The minimum atomic E-state index is 0.130. The van der Waals surface area contributed by atoms with E-state index in [-0.39, 0.29) is 11.9 Å². The van der Waals surface area contributed by atoms with E-state index in [9.17, 15) is 4.79 Å². The molecule has 0 radical (unpaired) electrons. The fourth-order valence-electron chi connectivity index (χ4n) is 3.57. The summed E-state index contributed by atoms with van der Waals surface area (Å²) in [6.45, 7) is 7.93. The summed E-state index contributed by atoms with van der Waals surface area (Å²) in [7, 11) is 0. The number of likely N-dealkylation sites (tertiary alicyclic amines) is 1. The molecule has 5 heteroatoms. The van der Waals surface area contributed by atoms with Gasteiger partial charge in [0.25, 0.3) is 5.91 Å². The number of hydrogen-bond acceptors (Lipinski definition) is 4. The molecule has 5 nitrogen and oxygen atoms in total. The molecule has 1 amide bonds. The maximum atomic E-state index is 12.5. The van der Waals surface area contributed by atoms with Crippen molar-refractivity contribution in [2.24, 2.45) is 17.6 Å². The van der Waals surface area contributed by atoms with Crippen LogP contribution in [-0.2, 0) is 0 Å². The Bertz CT molecular complexity index is 539. The van der Waals surface area contributed by atoms with Crippen LogP contribution in [0.4, 0.5) is 5.82 Å². The van der Waals surface area contributed by atoms with Crippen LogP contribution < -0.4 is 10.6 Å². The second kappa shape index (κ2) is 6.24. The summed E-state index contributed by atoms with van der Waals surface area (Å²) in [4.78, 5) is 21.1. The molecule has 120 valence electrons. The first-order valence-corrected chi connectivity index (χ1v) is 8.32. The van der Waals surface area contributed by atoms with Gasteiger partial charge in [-0.15, -0.1) is 0 Å². The number of nitrogens with zero attached hydrogens (tertiary/aromatic N) is 3. The maximum Gasteiger partial charge on any atom is 0.254 e. The maximum absolute atomic E-state index is 12.5. The van der Waals surface area contributed by atoms with Crippen molar-refractivity contribution in [1.29, 1.82) is 0 Å². The number of aromatic nitrogens is 1. The Morgan fingerprint density at radius 2 is 2.05 bits per heavy atom. The number of amides is 1. The molecule has 3 rings (SSSR count). The van der Waals surface area contributed by atoms with Crippen molar-refractivity contribution < 1.29 is 4.79 Å². The van der Waals surface area contributed by atoms with E-state index in [1.165, 1.54) is 0 Å². The monoisotopic (exact) mass is 302 g/mol. The lowest BCUT2D eigenvalue weighted by Crippen LogP contribution is -2.32. The minimum absolute atomic E-state index is 0.130. The fraction of sp³-hybridized carbons (Fsp3) is 0.647. The first-order chi connectivity index (χ1) is 10.6. The molecular weight excluding hydrogens is 276 g/mol. The highest BCUT2D eigenvalue weighted by molar-refractivity contribution is 5.95. The molecule has 3 heterocycles. The largest absolute Gasteiger partial charge is 0.355 e. The van der Waals surface area contributed by atoms with Crippen molar-refractivity contribution in [2.75, 3.05) is 31.1 Å². The molecule has 0 aliphatic carbocycles. The van der Waals surface area contributed by atoms with Crippen LogP contribution in [0, 0.1) is 11.8 Å². The van der Waals surface area contributed by atoms with Crippen molar-refractivity contribution in [1.82, 2.24) is 9.88 Å². The van der Waals surface area contributed by atoms with E-state index >= 15 is 0 Å². The first kappa shape index (κ1) is 15.3. The molecule has 2 saturated heterocycles. The molecule has 0 spiro atoms. The number of anilines is 1. The number of hydrogen-bond donors (Lipinski definition) is 1. The van der Waals surface area contributed by atoms with Crippen LogP contribution in [0.3, 0.4) is 0 Å². The molecule has 1 aromatic rings. The minimum Gasteiger partial charge on any atom is -0.355 e. The van der Waals surface area contributed by atoms with Crippen LogP contribution in [-0.4, -0.2) is 48.0 Å². The van der Waals surface area contributed by atoms with Crippen molar-refractivity contribution in [3.05, 3.63) is 23.9 Å². The van der Waals surface area contributed by atoms with Gasteiger partial charge >= 0.3 is 0 Å². The average Bonchev–Trinajstić information content (AvgIpc) is 3.16. The van der Waals surface area contributed by atoms with Gasteiger partial charge in [0.05, 0.1) is 0 Å². The molecule has 2 fully saturated rings. The van der Waals surface area contributed by atoms with Crippen molar-refractivity contribution >= 4 is 11.7 Å². The summed E-state index contributed by atoms with van der Waals surface area (Å²) in [6, 6.07) is 3.93. The van der Waals surface area contributed by atoms with Crippen LogP contribution in [0.5, 0.6) is 0 Å². The molecular formula is C17H26N4O. The van der Waals surface area contributed by atoms with Gasteiger partial charge in [-0.05, 0) is 36.8 Å². The molecule has 0 bridgehead atoms. The highest BCUT2D eigenvalue weighted by Gasteiger charge is 2.33. The highest BCUT2D eigenvalue weighted by atomic mass is 16.2. The van der Waals surface area contributed by atoms with E-state index in [0.717, 1.165) is 50.4 Å². The first-order valence-electron chi connectivity index (χ1n) is 8.32. The zero-order valence-corrected chi connectivity index (χ0v) is 13.5. The van der Waals surface area contributed by atoms with E-state index in [1.807, 2.05) is 17.0 Å². The zero-order valence-electron chi connectivity index (χ0n) is 13.5. The lowest BCUT2D eigenvalue weighted by atomic mass is 9.92. The van der Waals surface area contributed by atoms with Crippen LogP contribution in [0.15, 0.2) is 18.3 Å². The smallest absolute Gasteiger partial charge is 0.254 e. The van der Waals surface area contributed by atoms with Gasteiger partial charge in [0, 0.05) is 44.0 Å². The second-order valence-electron chi connectivity index (χ2n) is 6.88. The van der Waals surface area contributed by atoms with Crippen LogP contribution in [0.1, 0.15) is 37.0 Å². The number of rotatable bonds is 3. The second-order valence-corrected chi connectivity index (χ2v) is 6.88. The number of pyridine rings is 1. The summed E-state index contributed by atoms with van der Waals surface area (Å²) in [5.41, 5.74) is 7.00. The number of carbonyl (C=O) groups is 1. The lowest BCUT2D eigenvalue weighted by molar-refractivity contribution is 0.0792. The Labute approximate surface area is 132 Å². The highest BCUT2D eigenvalue weighted by Crippen LogP contribution is 2.27. The molecule has 2 aliphatic rings.